The molecule has 3 N–H and O–H groups in total. The van der Waals surface area contributed by atoms with Crippen LogP contribution in [0, 0.1) is 17.8 Å². The molecular weight excluding hydrogens is 328 g/mol. The molecule has 25 heavy (non-hydrogen) atoms. The van der Waals surface area contributed by atoms with Crippen molar-refractivity contribution in [3.63, 3.8) is 0 Å². The molecule has 0 bridgehead atoms. The van der Waals surface area contributed by atoms with E-state index in [0.717, 1.165) is 23.5 Å². The minimum absolute atomic E-state index is 0.251. The first-order valence-corrected chi connectivity index (χ1v) is 7.94. The third kappa shape index (κ3) is 4.77. The van der Waals surface area contributed by atoms with Gasteiger partial charge in [-0.3, -0.25) is 9.59 Å². The third-order valence-corrected chi connectivity index (χ3v) is 4.40. The number of alkyl halides is 2. The number of hydrogen-bond acceptors (Lipinski definition) is 2. The molecule has 3 atom stereocenters. The number of nitrogens with one attached hydrogen (secondary N) is 1. The van der Waals surface area contributed by atoms with Crippen molar-refractivity contribution >= 4 is 11.8 Å². The monoisotopic (exact) mass is 350 g/mol. The van der Waals surface area contributed by atoms with Gasteiger partial charge in [-0.15, -0.1) is 0 Å². The minimum atomic E-state index is -2.76. The zero-order valence-corrected chi connectivity index (χ0v) is 14.4. The molecule has 1 fully saturated rings. The molecule has 0 aliphatic carbocycles. The molecule has 7 heteroatoms. The van der Waals surface area contributed by atoms with Crippen molar-refractivity contribution < 1.29 is 22.9 Å². The number of amides is 2. The molecule has 1 heterocycles. The van der Waals surface area contributed by atoms with Crippen molar-refractivity contribution in [2.24, 2.45) is 11.7 Å². The van der Waals surface area contributed by atoms with E-state index in [9.17, 15) is 18.4 Å². The van der Waals surface area contributed by atoms with Crippen molar-refractivity contribution in [2.45, 2.75) is 25.4 Å². The second kappa shape index (κ2) is 7.19. The first kappa shape index (κ1) is 18.9. The van der Waals surface area contributed by atoms with Crippen LogP contribution in [0.2, 0.25) is 0 Å². The normalized spacial score (nSPS) is 20.2. The number of carbonyl (C=O) groups is 2. The zero-order valence-electron chi connectivity index (χ0n) is 14.4. The van der Waals surface area contributed by atoms with E-state index in [0.29, 0.717) is 6.04 Å². The molecule has 0 aromatic heterocycles. The maximum Gasteiger partial charge on any atom is 0.251 e. The molecule has 0 spiro atoms. The van der Waals surface area contributed by atoms with E-state index in [1.165, 1.54) is 12.1 Å². The second-order valence-electron chi connectivity index (χ2n) is 6.87. The Balaban J connectivity index is 2.03. The van der Waals surface area contributed by atoms with Crippen molar-refractivity contribution in [1.29, 1.82) is 0 Å². The van der Waals surface area contributed by atoms with Crippen LogP contribution in [-0.2, 0) is 4.79 Å². The van der Waals surface area contributed by atoms with Gasteiger partial charge in [0.2, 0.25) is 18.4 Å². The van der Waals surface area contributed by atoms with Gasteiger partial charge in [0.15, 0.2) is 0 Å². The van der Waals surface area contributed by atoms with E-state index in [2.05, 4.69) is 31.3 Å². The van der Waals surface area contributed by atoms with Crippen LogP contribution in [0.5, 0.6) is 0 Å². The second-order valence-corrected chi connectivity index (χ2v) is 6.87. The summed E-state index contributed by atoms with van der Waals surface area (Å²) >= 11 is 0. The summed E-state index contributed by atoms with van der Waals surface area (Å²) < 4.78 is 26.4. The Kier molecular flexibility index (Phi) is 5.43. The molecule has 2 rings (SSSR count). The summed E-state index contributed by atoms with van der Waals surface area (Å²) in [6, 6.07) is 5.34. The van der Waals surface area contributed by atoms with Crippen molar-refractivity contribution in [3.8, 4) is 11.8 Å². The minimum Gasteiger partial charge on any atom is -0.368 e. The number of rotatable bonds is 5. The van der Waals surface area contributed by atoms with Gasteiger partial charge in [-0.25, -0.2) is 8.78 Å². The van der Waals surface area contributed by atoms with Gasteiger partial charge in [0.05, 0.1) is 14.1 Å². The summed E-state index contributed by atoms with van der Waals surface area (Å²) in [5.41, 5.74) is 6.13. The van der Waals surface area contributed by atoms with Crippen LogP contribution in [-0.4, -0.2) is 55.4 Å². The highest BCUT2D eigenvalue weighted by molar-refractivity contribution is 5.97. The standard InChI is InChI=1S/C18H21F2N3O2/c1-11(16(19)20)15(17(21)24)22-18(25)13-7-4-12(5-8-13)6-9-14-10-23(14,2)3/h4-5,7-8,11,14-16H,10H2,1-3H3,(H2-,21,22,24,25)/p+1. The molecule has 1 aliphatic heterocycles. The number of likely N-dealkylation sites (N-methyl/N-ethyl adjacent to an activating group) is 1. The fraction of sp³-hybridized carbons (Fsp3) is 0.444. The Labute approximate surface area is 145 Å². The maximum atomic E-state index is 12.8. The van der Waals surface area contributed by atoms with Gasteiger partial charge >= 0.3 is 0 Å². The molecule has 1 saturated heterocycles. The number of quaternary nitrogens is 1. The van der Waals surface area contributed by atoms with Crippen LogP contribution in [0.1, 0.15) is 22.8 Å². The topological polar surface area (TPSA) is 72.2 Å². The van der Waals surface area contributed by atoms with E-state index < -0.39 is 30.2 Å². The molecular formula is C18H22F2N3O2+. The number of nitrogens with two attached hydrogens (primary N) is 1. The lowest BCUT2D eigenvalue weighted by Gasteiger charge is -2.21. The molecule has 0 radical (unpaired) electrons. The molecule has 2 amide bonds. The summed E-state index contributed by atoms with van der Waals surface area (Å²) in [7, 11) is 4.20. The molecule has 3 unspecified atom stereocenters. The number of benzene rings is 1. The lowest BCUT2D eigenvalue weighted by atomic mass is 10.0. The SMILES string of the molecule is CC(C(F)F)C(NC(=O)c1ccc(C#CC2C[N+]2(C)C)cc1)C(N)=O. The van der Waals surface area contributed by atoms with E-state index in [1.54, 1.807) is 12.1 Å². The van der Waals surface area contributed by atoms with E-state index in [1.807, 2.05) is 0 Å². The number of hydrogen-bond donors (Lipinski definition) is 2. The fourth-order valence-corrected chi connectivity index (χ4v) is 2.32. The van der Waals surface area contributed by atoms with Gasteiger partial charge in [-0.2, -0.15) is 0 Å². The molecule has 0 saturated carbocycles. The first-order chi connectivity index (χ1) is 11.6. The summed E-state index contributed by atoms with van der Waals surface area (Å²) in [5, 5.41) is 2.27. The predicted octanol–water partition coefficient (Wildman–Crippen LogP) is 0.982. The molecule has 1 aliphatic rings. The molecule has 5 nitrogen and oxygen atoms in total. The van der Waals surface area contributed by atoms with Crippen LogP contribution in [0.4, 0.5) is 8.78 Å². The predicted molar refractivity (Wildman–Crippen MR) is 89.7 cm³/mol. The van der Waals surface area contributed by atoms with Gasteiger partial charge in [-0.1, -0.05) is 12.8 Å². The fourth-order valence-electron chi connectivity index (χ4n) is 2.32. The summed E-state index contributed by atoms with van der Waals surface area (Å²) in [5.74, 6) is 3.22. The van der Waals surface area contributed by atoms with E-state index in [-0.39, 0.29) is 5.56 Å². The van der Waals surface area contributed by atoms with Crippen LogP contribution < -0.4 is 11.1 Å². The highest BCUT2D eigenvalue weighted by Crippen LogP contribution is 2.23. The third-order valence-electron chi connectivity index (χ3n) is 4.40. The van der Waals surface area contributed by atoms with Crippen molar-refractivity contribution in [2.75, 3.05) is 20.6 Å². The summed E-state index contributed by atoms with van der Waals surface area (Å²) in [6.45, 7) is 2.18. The molecule has 134 valence electrons. The highest BCUT2D eigenvalue weighted by atomic mass is 19.3. The Morgan fingerprint density at radius 2 is 1.84 bits per heavy atom. The zero-order chi connectivity index (χ0) is 18.8. The highest BCUT2D eigenvalue weighted by Gasteiger charge is 2.45. The Morgan fingerprint density at radius 1 is 1.28 bits per heavy atom. The average Bonchev–Trinajstić information content (AvgIpc) is 3.16. The van der Waals surface area contributed by atoms with Crippen LogP contribution in [0.15, 0.2) is 24.3 Å². The van der Waals surface area contributed by atoms with E-state index >= 15 is 0 Å². The Hall–Kier alpha value is -2.46. The lowest BCUT2D eigenvalue weighted by molar-refractivity contribution is -0.763. The van der Waals surface area contributed by atoms with Crippen LogP contribution in [0.3, 0.4) is 0 Å². The maximum absolute atomic E-state index is 12.8. The quantitative estimate of drug-likeness (QED) is 0.472. The van der Waals surface area contributed by atoms with Gasteiger partial charge in [0.1, 0.15) is 12.6 Å². The average molecular weight is 350 g/mol. The van der Waals surface area contributed by atoms with Crippen molar-refractivity contribution in [1.82, 2.24) is 5.32 Å². The number of primary amides is 1. The van der Waals surface area contributed by atoms with Crippen LogP contribution >= 0.6 is 0 Å². The Bertz CT molecular complexity index is 720. The summed E-state index contributed by atoms with van der Waals surface area (Å²) in [6.07, 6.45) is -2.76. The summed E-state index contributed by atoms with van der Waals surface area (Å²) in [4.78, 5) is 23.5. The van der Waals surface area contributed by atoms with Crippen molar-refractivity contribution in [3.05, 3.63) is 35.4 Å². The Morgan fingerprint density at radius 3 is 2.28 bits per heavy atom. The van der Waals surface area contributed by atoms with Gasteiger partial charge < -0.3 is 15.5 Å². The first-order valence-electron chi connectivity index (χ1n) is 7.94. The van der Waals surface area contributed by atoms with Gasteiger partial charge in [0, 0.05) is 17.0 Å². The number of carbonyl (C=O) groups excluding carboxylic acids is 2. The molecule has 1 aromatic rings. The van der Waals surface area contributed by atoms with E-state index in [4.69, 9.17) is 5.73 Å². The number of halogens is 2. The smallest absolute Gasteiger partial charge is 0.251 e. The lowest BCUT2D eigenvalue weighted by Crippen LogP contribution is -2.50. The van der Waals surface area contributed by atoms with Crippen LogP contribution in [0.25, 0.3) is 0 Å². The van der Waals surface area contributed by atoms with Gasteiger partial charge in [-0.05, 0) is 30.2 Å². The molecule has 1 aromatic carbocycles. The van der Waals surface area contributed by atoms with Gasteiger partial charge in [0.25, 0.3) is 5.91 Å². The number of nitrogens with zero attached hydrogens (tertiary/aromatic N) is 1. The largest absolute Gasteiger partial charge is 0.368 e.